The topological polar surface area (TPSA) is 61.8 Å². The van der Waals surface area contributed by atoms with Gasteiger partial charge in [-0.05, 0) is 38.5 Å². The third-order valence-electron chi connectivity index (χ3n) is 4.17. The summed E-state index contributed by atoms with van der Waals surface area (Å²) >= 11 is 0. The Labute approximate surface area is 108 Å². The number of carbonyl (C=O) groups is 1. The quantitative estimate of drug-likeness (QED) is 0.791. The summed E-state index contributed by atoms with van der Waals surface area (Å²) in [5.41, 5.74) is 0. The van der Waals surface area contributed by atoms with Gasteiger partial charge >= 0.3 is 6.03 Å². The number of nitrogens with zero attached hydrogens (tertiary/aromatic N) is 1. The van der Waals surface area contributed by atoms with Gasteiger partial charge in [0.15, 0.2) is 0 Å². The second-order valence-electron chi connectivity index (χ2n) is 5.36. The molecular weight excluding hydrogens is 232 g/mol. The smallest absolute Gasteiger partial charge is 0.317 e. The lowest BCUT2D eigenvalue weighted by atomic mass is 9.93. The van der Waals surface area contributed by atoms with E-state index in [1.54, 1.807) is 4.90 Å². The Bertz CT molecular complexity index is 279. The van der Waals surface area contributed by atoms with Crippen molar-refractivity contribution in [1.82, 2.24) is 10.2 Å². The van der Waals surface area contributed by atoms with Gasteiger partial charge in [0.2, 0.25) is 0 Å². The van der Waals surface area contributed by atoms with Crippen molar-refractivity contribution in [2.75, 3.05) is 26.4 Å². The molecule has 2 aliphatic rings. The van der Waals surface area contributed by atoms with Crippen molar-refractivity contribution in [3.05, 3.63) is 0 Å². The molecule has 0 radical (unpaired) electrons. The molecule has 2 N–H and O–H groups in total. The molecule has 2 aliphatic heterocycles. The molecule has 0 aliphatic carbocycles. The number of carbonyl (C=O) groups excluding carboxylic acids is 1. The Morgan fingerprint density at radius 1 is 1.44 bits per heavy atom. The summed E-state index contributed by atoms with van der Waals surface area (Å²) < 4.78 is 5.33. The van der Waals surface area contributed by atoms with Crippen LogP contribution < -0.4 is 5.32 Å². The molecule has 2 amide bonds. The maximum absolute atomic E-state index is 12.1. The van der Waals surface area contributed by atoms with Crippen LogP contribution in [-0.2, 0) is 4.74 Å². The molecule has 2 rings (SSSR count). The summed E-state index contributed by atoms with van der Waals surface area (Å²) in [6.07, 6.45) is 3.94. The second kappa shape index (κ2) is 6.38. The molecule has 0 spiro atoms. The highest BCUT2D eigenvalue weighted by molar-refractivity contribution is 5.75. The van der Waals surface area contributed by atoms with Crippen LogP contribution in [0.2, 0.25) is 0 Å². The first-order chi connectivity index (χ1) is 8.72. The fraction of sp³-hybridized carbons (Fsp3) is 0.923. The summed E-state index contributed by atoms with van der Waals surface area (Å²) in [7, 11) is 0. The van der Waals surface area contributed by atoms with Gasteiger partial charge in [-0.25, -0.2) is 4.79 Å². The summed E-state index contributed by atoms with van der Waals surface area (Å²) in [6, 6.07) is 0.166. The molecular formula is C13H24N2O3. The van der Waals surface area contributed by atoms with Crippen LogP contribution in [0, 0.1) is 5.92 Å². The minimum absolute atomic E-state index is 0.00638. The minimum Gasteiger partial charge on any atom is -0.394 e. The lowest BCUT2D eigenvalue weighted by molar-refractivity contribution is 0.0558. The number of hydrogen-bond donors (Lipinski definition) is 2. The molecule has 2 fully saturated rings. The number of hydrogen-bond acceptors (Lipinski definition) is 3. The molecule has 0 aromatic carbocycles. The van der Waals surface area contributed by atoms with E-state index in [9.17, 15) is 9.90 Å². The zero-order chi connectivity index (χ0) is 13.0. The van der Waals surface area contributed by atoms with Crippen molar-refractivity contribution >= 4 is 6.03 Å². The zero-order valence-corrected chi connectivity index (χ0v) is 11.1. The zero-order valence-electron chi connectivity index (χ0n) is 11.1. The molecule has 18 heavy (non-hydrogen) atoms. The van der Waals surface area contributed by atoms with E-state index < -0.39 is 0 Å². The third-order valence-corrected chi connectivity index (χ3v) is 4.17. The molecule has 0 bridgehead atoms. The highest BCUT2D eigenvalue weighted by atomic mass is 16.5. The van der Waals surface area contributed by atoms with Crippen LogP contribution in [0.5, 0.6) is 0 Å². The van der Waals surface area contributed by atoms with Crippen molar-refractivity contribution < 1.29 is 14.6 Å². The van der Waals surface area contributed by atoms with Crippen LogP contribution >= 0.6 is 0 Å². The van der Waals surface area contributed by atoms with Crippen molar-refractivity contribution in [3.8, 4) is 0 Å². The highest BCUT2D eigenvalue weighted by Crippen LogP contribution is 2.20. The number of rotatable bonds is 3. The van der Waals surface area contributed by atoms with Gasteiger partial charge in [-0.1, -0.05) is 0 Å². The highest BCUT2D eigenvalue weighted by Gasteiger charge is 2.30. The standard InChI is InChI=1S/C13H24N2O3/c1-10(11-4-7-18-8-5-11)14-13(17)15-6-2-3-12(15)9-16/h10-12,16H,2-9H2,1H3,(H,14,17). The molecule has 104 valence electrons. The van der Waals surface area contributed by atoms with Crippen LogP contribution in [-0.4, -0.2) is 54.5 Å². The molecule has 5 heteroatoms. The predicted octanol–water partition coefficient (Wildman–Crippen LogP) is 0.968. The van der Waals surface area contributed by atoms with E-state index in [2.05, 4.69) is 12.2 Å². The predicted molar refractivity (Wildman–Crippen MR) is 68.4 cm³/mol. The largest absolute Gasteiger partial charge is 0.394 e. The second-order valence-corrected chi connectivity index (χ2v) is 5.36. The van der Waals surface area contributed by atoms with Gasteiger partial charge in [-0.3, -0.25) is 0 Å². The third kappa shape index (κ3) is 3.14. The number of likely N-dealkylation sites (tertiary alicyclic amines) is 1. The normalized spacial score (nSPS) is 27.2. The molecule has 0 aromatic rings. The summed E-state index contributed by atoms with van der Waals surface area (Å²) in [5.74, 6) is 0.512. The first-order valence-corrected chi connectivity index (χ1v) is 6.98. The van der Waals surface area contributed by atoms with E-state index in [1.165, 1.54) is 0 Å². The van der Waals surface area contributed by atoms with Gasteiger partial charge < -0.3 is 20.1 Å². The number of urea groups is 1. The number of nitrogens with one attached hydrogen (secondary N) is 1. The molecule has 2 heterocycles. The van der Waals surface area contributed by atoms with Crippen molar-refractivity contribution in [2.45, 2.75) is 44.7 Å². The van der Waals surface area contributed by atoms with Crippen molar-refractivity contribution in [2.24, 2.45) is 5.92 Å². The molecule has 2 atom stereocenters. The fourth-order valence-corrected chi connectivity index (χ4v) is 2.90. The summed E-state index contributed by atoms with van der Waals surface area (Å²) in [4.78, 5) is 13.9. The van der Waals surface area contributed by atoms with E-state index in [4.69, 9.17) is 4.74 Å². The Morgan fingerprint density at radius 3 is 2.83 bits per heavy atom. The van der Waals surface area contributed by atoms with Gasteiger partial charge in [0.05, 0.1) is 12.6 Å². The van der Waals surface area contributed by atoms with Gasteiger partial charge in [0.25, 0.3) is 0 Å². The average molecular weight is 256 g/mol. The van der Waals surface area contributed by atoms with Crippen molar-refractivity contribution in [3.63, 3.8) is 0 Å². The number of aliphatic hydroxyl groups excluding tert-OH is 1. The minimum atomic E-state index is -0.0226. The van der Waals surface area contributed by atoms with Gasteiger partial charge in [-0.2, -0.15) is 0 Å². The van der Waals surface area contributed by atoms with E-state index >= 15 is 0 Å². The Kier molecular flexibility index (Phi) is 4.83. The Balaban J connectivity index is 1.82. The molecule has 2 unspecified atom stereocenters. The van der Waals surface area contributed by atoms with Crippen LogP contribution in [0.15, 0.2) is 0 Å². The van der Waals surface area contributed by atoms with Crippen LogP contribution in [0.25, 0.3) is 0 Å². The maximum atomic E-state index is 12.1. The van der Waals surface area contributed by atoms with Gasteiger partial charge in [0, 0.05) is 25.8 Å². The van der Waals surface area contributed by atoms with E-state index in [-0.39, 0.29) is 24.7 Å². The van der Waals surface area contributed by atoms with Gasteiger partial charge in [-0.15, -0.1) is 0 Å². The Morgan fingerprint density at radius 2 is 2.17 bits per heavy atom. The lowest BCUT2D eigenvalue weighted by Gasteiger charge is -2.31. The van der Waals surface area contributed by atoms with E-state index in [1.807, 2.05) is 0 Å². The molecule has 0 aromatic heterocycles. The van der Waals surface area contributed by atoms with E-state index in [0.29, 0.717) is 5.92 Å². The van der Waals surface area contributed by atoms with Crippen LogP contribution in [0.4, 0.5) is 4.79 Å². The summed E-state index contributed by atoms with van der Waals surface area (Å²) in [6.45, 7) is 4.50. The van der Waals surface area contributed by atoms with E-state index in [0.717, 1.165) is 45.4 Å². The Hall–Kier alpha value is -0.810. The molecule has 0 saturated carbocycles. The summed E-state index contributed by atoms with van der Waals surface area (Å²) in [5, 5.41) is 12.3. The number of amides is 2. The molecule has 5 nitrogen and oxygen atoms in total. The first kappa shape index (κ1) is 13.6. The average Bonchev–Trinajstić information content (AvgIpc) is 2.88. The monoisotopic (exact) mass is 256 g/mol. The SMILES string of the molecule is CC(NC(=O)N1CCCC1CO)C1CCOCC1. The number of aliphatic hydroxyl groups is 1. The molecule has 2 saturated heterocycles. The van der Waals surface area contributed by atoms with Crippen LogP contribution in [0.1, 0.15) is 32.6 Å². The number of ether oxygens (including phenoxy) is 1. The van der Waals surface area contributed by atoms with Gasteiger partial charge in [0.1, 0.15) is 0 Å². The lowest BCUT2D eigenvalue weighted by Crippen LogP contribution is -2.49. The fourth-order valence-electron chi connectivity index (χ4n) is 2.90. The first-order valence-electron chi connectivity index (χ1n) is 6.98. The van der Waals surface area contributed by atoms with Crippen LogP contribution in [0.3, 0.4) is 0 Å². The maximum Gasteiger partial charge on any atom is 0.317 e. The van der Waals surface area contributed by atoms with Crippen molar-refractivity contribution in [1.29, 1.82) is 0 Å².